The summed E-state index contributed by atoms with van der Waals surface area (Å²) in [6.45, 7) is -0.180. The Morgan fingerprint density at radius 3 is 2.14 bits per heavy atom. The van der Waals surface area contributed by atoms with E-state index in [4.69, 9.17) is 10.5 Å². The predicted molar refractivity (Wildman–Crippen MR) is 78.5 cm³/mol. The maximum absolute atomic E-state index is 11.9. The van der Waals surface area contributed by atoms with Crippen LogP contribution in [0.15, 0.2) is 60.7 Å². The lowest BCUT2D eigenvalue weighted by Gasteiger charge is -2.16. The van der Waals surface area contributed by atoms with E-state index >= 15 is 0 Å². The second-order valence-corrected chi connectivity index (χ2v) is 4.42. The Hall–Kier alpha value is -2.82. The fourth-order valence-electron chi connectivity index (χ4n) is 1.83. The molecule has 5 heteroatoms. The first-order chi connectivity index (χ1) is 10.2. The van der Waals surface area contributed by atoms with E-state index in [0.29, 0.717) is 11.3 Å². The number of nitrogens with one attached hydrogen (secondary N) is 1. The van der Waals surface area contributed by atoms with E-state index in [-0.39, 0.29) is 6.61 Å². The van der Waals surface area contributed by atoms with Crippen LogP contribution in [-0.2, 0) is 9.59 Å². The molecule has 2 aromatic rings. The van der Waals surface area contributed by atoms with E-state index in [1.807, 2.05) is 24.3 Å². The quantitative estimate of drug-likeness (QED) is 0.841. The summed E-state index contributed by atoms with van der Waals surface area (Å²) in [5.41, 5.74) is 5.97. The van der Waals surface area contributed by atoms with Gasteiger partial charge in [-0.25, -0.2) is 0 Å². The number of hydrogen-bond acceptors (Lipinski definition) is 3. The third kappa shape index (κ3) is 4.35. The number of nitrogens with two attached hydrogens (primary N) is 1. The van der Waals surface area contributed by atoms with Gasteiger partial charge in [0.15, 0.2) is 6.61 Å². The van der Waals surface area contributed by atoms with Crippen LogP contribution in [0.5, 0.6) is 5.75 Å². The third-order valence-electron chi connectivity index (χ3n) is 2.84. The van der Waals surface area contributed by atoms with Crippen LogP contribution >= 0.6 is 0 Å². The maximum atomic E-state index is 11.9. The minimum atomic E-state index is -0.863. The molecule has 0 bridgehead atoms. The van der Waals surface area contributed by atoms with Gasteiger partial charge in [-0.15, -0.1) is 0 Å². The van der Waals surface area contributed by atoms with E-state index < -0.39 is 17.9 Å². The Morgan fingerprint density at radius 1 is 1.00 bits per heavy atom. The Kier molecular flexibility index (Phi) is 4.93. The van der Waals surface area contributed by atoms with E-state index in [1.54, 1.807) is 36.4 Å². The SMILES string of the molecule is NC(=O)[C@@H](NC(=O)COc1ccccc1)c1ccccc1. The zero-order chi connectivity index (χ0) is 15.1. The van der Waals surface area contributed by atoms with Gasteiger partial charge in [0, 0.05) is 0 Å². The van der Waals surface area contributed by atoms with Crippen molar-refractivity contribution in [2.45, 2.75) is 6.04 Å². The molecule has 0 heterocycles. The summed E-state index contributed by atoms with van der Waals surface area (Å²) in [5.74, 6) is -0.441. The minimum absolute atomic E-state index is 0.180. The van der Waals surface area contributed by atoms with Crippen LogP contribution in [0.25, 0.3) is 0 Å². The lowest BCUT2D eigenvalue weighted by atomic mass is 10.1. The molecular formula is C16H16N2O3. The summed E-state index contributed by atoms with van der Waals surface area (Å²) in [6.07, 6.45) is 0. The molecule has 0 saturated carbocycles. The van der Waals surface area contributed by atoms with Gasteiger partial charge >= 0.3 is 0 Å². The standard InChI is InChI=1S/C16H16N2O3/c17-16(20)15(12-7-3-1-4-8-12)18-14(19)11-21-13-9-5-2-6-10-13/h1-10,15H,11H2,(H2,17,20)(H,18,19)/t15-/m0/s1. The highest BCUT2D eigenvalue weighted by molar-refractivity contribution is 5.88. The summed E-state index contributed by atoms with van der Waals surface area (Å²) < 4.78 is 5.32. The highest BCUT2D eigenvalue weighted by atomic mass is 16.5. The third-order valence-corrected chi connectivity index (χ3v) is 2.84. The molecule has 2 amide bonds. The molecule has 0 saturated heterocycles. The van der Waals surface area contributed by atoms with E-state index in [9.17, 15) is 9.59 Å². The number of rotatable bonds is 6. The minimum Gasteiger partial charge on any atom is -0.484 e. The fourth-order valence-corrected chi connectivity index (χ4v) is 1.83. The van der Waals surface area contributed by atoms with Gasteiger partial charge in [0.2, 0.25) is 5.91 Å². The number of para-hydroxylation sites is 1. The zero-order valence-corrected chi connectivity index (χ0v) is 11.4. The number of hydrogen-bond donors (Lipinski definition) is 2. The highest BCUT2D eigenvalue weighted by Crippen LogP contribution is 2.12. The van der Waals surface area contributed by atoms with Crippen molar-refractivity contribution in [2.24, 2.45) is 5.73 Å². The van der Waals surface area contributed by atoms with Gasteiger partial charge in [-0.2, -0.15) is 0 Å². The van der Waals surface area contributed by atoms with Crippen molar-refractivity contribution in [3.63, 3.8) is 0 Å². The molecule has 0 aromatic heterocycles. The van der Waals surface area contributed by atoms with Crippen molar-refractivity contribution in [1.82, 2.24) is 5.32 Å². The van der Waals surface area contributed by atoms with Gasteiger partial charge in [0.1, 0.15) is 11.8 Å². The second kappa shape index (κ2) is 7.09. The number of primary amides is 1. The molecule has 5 nitrogen and oxygen atoms in total. The number of carbonyl (C=O) groups is 2. The topological polar surface area (TPSA) is 81.4 Å². The van der Waals surface area contributed by atoms with Gasteiger partial charge in [-0.3, -0.25) is 9.59 Å². The average molecular weight is 284 g/mol. The van der Waals surface area contributed by atoms with Crippen LogP contribution in [-0.4, -0.2) is 18.4 Å². The molecule has 0 aliphatic heterocycles. The van der Waals surface area contributed by atoms with Crippen LogP contribution in [0, 0.1) is 0 Å². The molecule has 21 heavy (non-hydrogen) atoms. The first kappa shape index (κ1) is 14.6. The van der Waals surface area contributed by atoms with Crippen molar-refractivity contribution >= 4 is 11.8 Å². The van der Waals surface area contributed by atoms with E-state index in [2.05, 4.69) is 5.32 Å². The molecular weight excluding hydrogens is 268 g/mol. The van der Waals surface area contributed by atoms with E-state index in [1.165, 1.54) is 0 Å². The monoisotopic (exact) mass is 284 g/mol. The summed E-state index contributed by atoms with van der Waals surface area (Å²) >= 11 is 0. The Labute approximate surface area is 122 Å². The smallest absolute Gasteiger partial charge is 0.258 e. The van der Waals surface area contributed by atoms with Gasteiger partial charge in [-0.05, 0) is 17.7 Å². The number of amides is 2. The first-order valence-electron chi connectivity index (χ1n) is 6.48. The lowest BCUT2D eigenvalue weighted by molar-refractivity contribution is -0.128. The van der Waals surface area contributed by atoms with Gasteiger partial charge < -0.3 is 15.8 Å². The Morgan fingerprint density at radius 2 is 1.57 bits per heavy atom. The number of ether oxygens (including phenoxy) is 1. The average Bonchev–Trinajstić information content (AvgIpc) is 2.52. The van der Waals surface area contributed by atoms with Crippen LogP contribution in [0.4, 0.5) is 0 Å². The van der Waals surface area contributed by atoms with Crippen molar-refractivity contribution in [3.05, 3.63) is 66.2 Å². The molecule has 0 radical (unpaired) electrons. The van der Waals surface area contributed by atoms with Crippen molar-refractivity contribution in [3.8, 4) is 5.75 Å². The molecule has 108 valence electrons. The predicted octanol–water partition coefficient (Wildman–Crippen LogP) is 1.41. The molecule has 0 spiro atoms. The highest BCUT2D eigenvalue weighted by Gasteiger charge is 2.19. The zero-order valence-electron chi connectivity index (χ0n) is 11.4. The molecule has 2 rings (SSSR count). The fraction of sp³-hybridized carbons (Fsp3) is 0.125. The van der Waals surface area contributed by atoms with Gasteiger partial charge in [0.05, 0.1) is 0 Å². The van der Waals surface area contributed by atoms with Crippen molar-refractivity contribution < 1.29 is 14.3 Å². The molecule has 0 aliphatic rings. The molecule has 0 unspecified atom stereocenters. The largest absolute Gasteiger partial charge is 0.484 e. The van der Waals surface area contributed by atoms with Gasteiger partial charge in [-0.1, -0.05) is 48.5 Å². The number of benzene rings is 2. The molecule has 2 aromatic carbocycles. The van der Waals surface area contributed by atoms with E-state index in [0.717, 1.165) is 0 Å². The van der Waals surface area contributed by atoms with Crippen molar-refractivity contribution in [2.75, 3.05) is 6.61 Å². The van der Waals surface area contributed by atoms with Crippen LogP contribution in [0.3, 0.4) is 0 Å². The summed E-state index contributed by atoms with van der Waals surface area (Å²) in [4.78, 5) is 23.3. The van der Waals surface area contributed by atoms with Crippen LogP contribution < -0.4 is 15.8 Å². The van der Waals surface area contributed by atoms with Crippen LogP contribution in [0.1, 0.15) is 11.6 Å². The molecule has 1 atom stereocenters. The normalized spacial score (nSPS) is 11.4. The van der Waals surface area contributed by atoms with Crippen LogP contribution in [0.2, 0.25) is 0 Å². The lowest BCUT2D eigenvalue weighted by Crippen LogP contribution is -2.39. The first-order valence-corrected chi connectivity index (χ1v) is 6.48. The second-order valence-electron chi connectivity index (χ2n) is 4.42. The summed E-state index contributed by atoms with van der Waals surface area (Å²) in [7, 11) is 0. The number of carbonyl (C=O) groups excluding carboxylic acids is 2. The summed E-state index contributed by atoms with van der Waals surface area (Å²) in [5, 5.41) is 2.56. The maximum Gasteiger partial charge on any atom is 0.258 e. The summed E-state index contributed by atoms with van der Waals surface area (Å²) in [6, 6.07) is 16.9. The molecule has 0 fully saturated rings. The van der Waals surface area contributed by atoms with Gasteiger partial charge in [0.25, 0.3) is 5.91 Å². The molecule has 3 N–H and O–H groups in total. The van der Waals surface area contributed by atoms with Crippen molar-refractivity contribution in [1.29, 1.82) is 0 Å². The Balaban J connectivity index is 1.95. The molecule has 0 aliphatic carbocycles. The Bertz CT molecular complexity index is 599.